The van der Waals surface area contributed by atoms with Crippen LogP contribution in [0.15, 0.2) is 0 Å². The van der Waals surface area contributed by atoms with Gasteiger partial charge in [0.05, 0.1) is 6.61 Å². The highest BCUT2D eigenvalue weighted by Gasteiger charge is 2.42. The summed E-state index contributed by atoms with van der Waals surface area (Å²) in [5.41, 5.74) is 4.01. The molecule has 0 aromatic rings. The Morgan fingerprint density at radius 2 is 0.968 bits per heavy atom. The average Bonchev–Trinajstić information content (AvgIpc) is 3.61. The van der Waals surface area contributed by atoms with Gasteiger partial charge in [-0.1, -0.05) is 64.2 Å². The summed E-state index contributed by atoms with van der Waals surface area (Å²) in [5.74, 6) is 0. The van der Waals surface area contributed by atoms with Crippen LogP contribution in [0.3, 0.4) is 0 Å². The molecule has 5 fully saturated rings. The maximum atomic E-state index is 7.14. The summed E-state index contributed by atoms with van der Waals surface area (Å²) in [4.78, 5) is 0. The van der Waals surface area contributed by atoms with Gasteiger partial charge >= 0.3 is 0 Å². The van der Waals surface area contributed by atoms with E-state index in [1.807, 2.05) is 0 Å². The molecule has 5 aliphatic rings. The average molecular weight is 466 g/mol. The fraction of sp³-hybridized carbons (Fsp3) is 1.00. The molecule has 1 saturated heterocycles. The zero-order chi connectivity index (χ0) is 20.9. The minimum atomic E-state index is -0.191. The molecule has 2 nitrogen and oxygen atoms in total. The van der Waals surface area contributed by atoms with Crippen LogP contribution >= 0.6 is 16.2 Å². The molecule has 178 valence electrons. The van der Waals surface area contributed by atoms with E-state index in [1.165, 1.54) is 109 Å². The molecular weight excluding hydrogens is 416 g/mol. The molecule has 4 saturated carbocycles. The third kappa shape index (κ3) is 5.89. The van der Waals surface area contributed by atoms with Gasteiger partial charge < -0.3 is 4.52 Å². The lowest BCUT2D eigenvalue weighted by Gasteiger charge is -2.42. The highest BCUT2D eigenvalue weighted by atomic mass is 31.1. The van der Waals surface area contributed by atoms with Crippen molar-refractivity contribution < 1.29 is 4.52 Å². The molecule has 0 amide bonds. The molecule has 5 rings (SSSR count). The summed E-state index contributed by atoms with van der Waals surface area (Å²) in [6, 6.07) is 0.768. The highest BCUT2D eigenvalue weighted by Crippen LogP contribution is 2.62. The quantitative estimate of drug-likeness (QED) is 0.332. The molecule has 1 aliphatic heterocycles. The molecule has 0 N–H and O–H groups in total. The number of nitrogens with zero attached hydrogens (tertiary/aromatic N) is 1. The number of rotatable bonds is 8. The predicted molar refractivity (Wildman–Crippen MR) is 138 cm³/mol. The Hall–Kier alpha value is 0.780. The van der Waals surface area contributed by atoms with Crippen molar-refractivity contribution in [2.45, 2.75) is 157 Å². The van der Waals surface area contributed by atoms with Gasteiger partial charge in [0.15, 0.2) is 0 Å². The molecule has 1 atom stereocenters. The molecule has 4 heteroatoms. The number of hydrogen-bond donors (Lipinski definition) is 0. The van der Waals surface area contributed by atoms with Gasteiger partial charge in [0.2, 0.25) is 0 Å². The van der Waals surface area contributed by atoms with Crippen LogP contribution in [0, 0.1) is 0 Å². The second kappa shape index (κ2) is 12.0. The van der Waals surface area contributed by atoms with Gasteiger partial charge in [-0.05, 0) is 83.6 Å². The Bertz CT molecular complexity index is 487. The van der Waals surface area contributed by atoms with Crippen molar-refractivity contribution >= 4 is 16.2 Å². The van der Waals surface area contributed by atoms with Crippen LogP contribution in [-0.2, 0) is 4.52 Å². The molecule has 0 radical (unpaired) electrons. The normalized spacial score (nSPS) is 31.0. The van der Waals surface area contributed by atoms with Crippen LogP contribution in [0.5, 0.6) is 0 Å². The molecule has 0 unspecified atom stereocenters. The second-order valence-corrected chi connectivity index (χ2v) is 16.6. The van der Waals surface area contributed by atoms with Crippen LogP contribution in [0.1, 0.15) is 128 Å². The van der Waals surface area contributed by atoms with Gasteiger partial charge in [0.1, 0.15) is 0 Å². The van der Waals surface area contributed by atoms with Crippen molar-refractivity contribution in [1.82, 2.24) is 4.67 Å². The van der Waals surface area contributed by atoms with E-state index in [1.54, 1.807) is 25.7 Å². The van der Waals surface area contributed by atoms with Crippen LogP contribution < -0.4 is 0 Å². The lowest BCUT2D eigenvalue weighted by molar-refractivity contribution is 0.244. The molecule has 0 spiro atoms. The first-order valence-corrected chi connectivity index (χ1v) is 17.2. The molecule has 0 bridgehead atoms. The lowest BCUT2D eigenvalue weighted by atomic mass is 10.00. The lowest BCUT2D eigenvalue weighted by Crippen LogP contribution is -2.35. The van der Waals surface area contributed by atoms with Crippen molar-refractivity contribution in [3.05, 3.63) is 0 Å². The van der Waals surface area contributed by atoms with Crippen molar-refractivity contribution in [1.29, 1.82) is 0 Å². The fourth-order valence-electron chi connectivity index (χ4n) is 7.70. The largest absolute Gasteiger partial charge is 0.357 e. The van der Waals surface area contributed by atoms with Crippen molar-refractivity contribution in [3.8, 4) is 0 Å². The van der Waals surface area contributed by atoms with Crippen LogP contribution in [0.4, 0.5) is 0 Å². The first-order chi connectivity index (χ1) is 15.4. The first-order valence-electron chi connectivity index (χ1n) is 14.4. The van der Waals surface area contributed by atoms with Gasteiger partial charge in [-0.25, -0.2) is 0 Å². The van der Waals surface area contributed by atoms with E-state index in [0.717, 1.165) is 35.3 Å². The van der Waals surface area contributed by atoms with Crippen LogP contribution in [0.2, 0.25) is 0 Å². The van der Waals surface area contributed by atoms with E-state index in [9.17, 15) is 0 Å². The highest BCUT2D eigenvalue weighted by molar-refractivity contribution is 7.56. The molecule has 0 aromatic carbocycles. The van der Waals surface area contributed by atoms with E-state index < -0.39 is 0 Å². The van der Waals surface area contributed by atoms with Gasteiger partial charge in [-0.2, -0.15) is 0 Å². The van der Waals surface area contributed by atoms with E-state index >= 15 is 0 Å². The van der Waals surface area contributed by atoms with Gasteiger partial charge in [0.25, 0.3) is 0 Å². The summed E-state index contributed by atoms with van der Waals surface area (Å²) in [6.45, 7) is 2.49. The summed E-state index contributed by atoms with van der Waals surface area (Å²) in [6.07, 6.45) is 29.9. The minimum absolute atomic E-state index is 0.0974. The monoisotopic (exact) mass is 465 g/mol. The molecular formula is C27H49NOP2. The fourth-order valence-corrected chi connectivity index (χ4v) is 15.0. The predicted octanol–water partition coefficient (Wildman–Crippen LogP) is 8.81. The molecule has 0 aromatic heterocycles. The van der Waals surface area contributed by atoms with Crippen molar-refractivity contribution in [2.75, 3.05) is 13.2 Å². The third-order valence-electron chi connectivity index (χ3n) is 9.33. The minimum Gasteiger partial charge on any atom is -0.357 e. The molecule has 31 heavy (non-hydrogen) atoms. The first kappa shape index (κ1) is 23.5. The van der Waals surface area contributed by atoms with Gasteiger partial charge in [-0.15, -0.1) is 0 Å². The Morgan fingerprint density at radius 1 is 0.516 bits per heavy atom. The van der Waals surface area contributed by atoms with Crippen LogP contribution in [-0.4, -0.2) is 46.5 Å². The summed E-state index contributed by atoms with van der Waals surface area (Å²) in [5, 5.41) is 0. The number of hydrogen-bond acceptors (Lipinski definition) is 2. The maximum Gasteiger partial charge on any atom is 0.0668 e. The van der Waals surface area contributed by atoms with Crippen molar-refractivity contribution in [2.24, 2.45) is 0 Å². The smallest absolute Gasteiger partial charge is 0.0668 e. The van der Waals surface area contributed by atoms with Gasteiger partial charge in [0, 0.05) is 32.1 Å². The van der Waals surface area contributed by atoms with Gasteiger partial charge in [-0.3, -0.25) is 4.67 Å². The zero-order valence-corrected chi connectivity index (χ0v) is 22.0. The second-order valence-electron chi connectivity index (χ2n) is 11.5. The Labute approximate surface area is 195 Å². The van der Waals surface area contributed by atoms with E-state index in [-0.39, 0.29) is 16.2 Å². The zero-order valence-electron chi connectivity index (χ0n) is 20.2. The molecule has 1 heterocycles. The van der Waals surface area contributed by atoms with E-state index in [2.05, 4.69) is 4.67 Å². The van der Waals surface area contributed by atoms with Crippen LogP contribution in [0.25, 0.3) is 0 Å². The third-order valence-corrected chi connectivity index (χ3v) is 15.9. The Morgan fingerprint density at radius 3 is 1.48 bits per heavy atom. The molecule has 4 aliphatic carbocycles. The Balaban J connectivity index is 1.25. The topological polar surface area (TPSA) is 12.5 Å². The Kier molecular flexibility index (Phi) is 9.07. The maximum absolute atomic E-state index is 7.14. The SMILES string of the molecule is C1CCC(P(OC[C@@H]2CCCN2P(C2CCCC2)C2CCCC2)C2CCCCC2)CC1. The summed E-state index contributed by atoms with van der Waals surface area (Å²) >= 11 is 0. The summed E-state index contributed by atoms with van der Waals surface area (Å²) < 4.78 is 10.3. The summed E-state index contributed by atoms with van der Waals surface area (Å²) in [7, 11) is -0.0940. The van der Waals surface area contributed by atoms with Crippen molar-refractivity contribution in [3.63, 3.8) is 0 Å². The van der Waals surface area contributed by atoms with E-state index in [4.69, 9.17) is 4.52 Å². The standard InChI is InChI=1S/C27H49NOP2/c1-3-17-26(18-4-1)31(27-19-5-2-6-20-27)29-22-23-12-11-21-28(23)30(24-13-7-8-14-24)25-15-9-10-16-25/h23-27H,1-22H2/t23-/m0/s1. The van der Waals surface area contributed by atoms with E-state index in [0.29, 0.717) is 0 Å².